The maximum Gasteiger partial charge on any atom is 0.233 e. The zero-order valence-corrected chi connectivity index (χ0v) is 18.4. The fourth-order valence-corrected chi connectivity index (χ4v) is 5.84. The van der Waals surface area contributed by atoms with Crippen molar-refractivity contribution in [1.29, 1.82) is 0 Å². The van der Waals surface area contributed by atoms with Gasteiger partial charge in [0.05, 0.1) is 5.75 Å². The summed E-state index contributed by atoms with van der Waals surface area (Å²) in [5.74, 6) is 2.05. The average molecular weight is 434 g/mol. The number of amides is 1. The van der Waals surface area contributed by atoms with Gasteiger partial charge in [-0.2, -0.15) is 0 Å². The zero-order valence-electron chi connectivity index (χ0n) is 17.6. The molecule has 1 amide bonds. The van der Waals surface area contributed by atoms with Crippen LogP contribution in [0.2, 0.25) is 0 Å². The van der Waals surface area contributed by atoms with Crippen molar-refractivity contribution in [1.82, 2.24) is 24.6 Å². The maximum absolute atomic E-state index is 13.2. The van der Waals surface area contributed by atoms with Gasteiger partial charge in [-0.25, -0.2) is 0 Å². The number of hydrogen-bond donors (Lipinski definition) is 0. The molecular weight excluding hydrogens is 406 g/mol. The topological polar surface area (TPSA) is 63.9 Å². The van der Waals surface area contributed by atoms with Crippen molar-refractivity contribution in [2.75, 3.05) is 12.3 Å². The second-order valence-corrected chi connectivity index (χ2v) is 9.29. The summed E-state index contributed by atoms with van der Waals surface area (Å²) < 4.78 is 2.02. The molecule has 2 aromatic heterocycles. The molecule has 0 spiro atoms. The minimum absolute atomic E-state index is 0.229. The number of para-hydroxylation sites is 1. The molecule has 3 aromatic rings. The molecule has 1 aliphatic heterocycles. The Morgan fingerprint density at radius 1 is 1.00 bits per heavy atom. The van der Waals surface area contributed by atoms with Crippen molar-refractivity contribution < 1.29 is 4.79 Å². The number of hydrogen-bond acceptors (Lipinski definition) is 5. The molecule has 3 heterocycles. The SMILES string of the molecule is O=C(CSc1nnc(-c2cccnc2)n1-c1ccccc1)N1CCCC2CCCCC21. The van der Waals surface area contributed by atoms with Gasteiger partial charge in [-0.3, -0.25) is 14.3 Å². The summed E-state index contributed by atoms with van der Waals surface area (Å²) in [5, 5.41) is 9.62. The van der Waals surface area contributed by atoms with Crippen molar-refractivity contribution in [3.05, 3.63) is 54.9 Å². The average Bonchev–Trinajstić information content (AvgIpc) is 3.27. The summed E-state index contributed by atoms with van der Waals surface area (Å²) in [4.78, 5) is 19.6. The van der Waals surface area contributed by atoms with Crippen LogP contribution in [0.25, 0.3) is 17.1 Å². The largest absolute Gasteiger partial charge is 0.339 e. The standard InChI is InChI=1S/C24H27N5OS/c30-22(28-15-7-10-18-8-4-5-13-21(18)28)17-31-24-27-26-23(19-9-6-14-25-16-19)29(24)20-11-2-1-3-12-20/h1-3,6,9,11-12,14,16,18,21H,4-5,7-8,10,13,15,17H2. The van der Waals surface area contributed by atoms with Crippen molar-refractivity contribution in [3.8, 4) is 17.1 Å². The molecule has 6 nitrogen and oxygen atoms in total. The normalized spacial score (nSPS) is 21.0. The Kier molecular flexibility index (Phi) is 6.02. The molecule has 1 saturated carbocycles. The Morgan fingerprint density at radius 3 is 2.68 bits per heavy atom. The van der Waals surface area contributed by atoms with Crippen LogP contribution in [0.3, 0.4) is 0 Å². The predicted molar refractivity (Wildman–Crippen MR) is 122 cm³/mol. The first-order chi connectivity index (χ1) is 15.3. The summed E-state index contributed by atoms with van der Waals surface area (Å²) in [6.45, 7) is 0.896. The summed E-state index contributed by atoms with van der Waals surface area (Å²) in [5.41, 5.74) is 1.88. The smallest absolute Gasteiger partial charge is 0.233 e. The molecule has 1 aliphatic carbocycles. The number of rotatable bonds is 5. The van der Waals surface area contributed by atoms with E-state index in [0.717, 1.165) is 41.6 Å². The second kappa shape index (κ2) is 9.22. The molecule has 7 heteroatoms. The van der Waals surface area contributed by atoms with Gasteiger partial charge < -0.3 is 4.90 Å². The highest BCUT2D eigenvalue weighted by atomic mass is 32.2. The highest BCUT2D eigenvalue weighted by molar-refractivity contribution is 7.99. The Labute approximate surface area is 187 Å². The van der Waals surface area contributed by atoms with Crippen molar-refractivity contribution in [2.24, 2.45) is 5.92 Å². The van der Waals surface area contributed by atoms with Gasteiger partial charge in [0, 0.05) is 36.2 Å². The lowest BCUT2D eigenvalue weighted by Crippen LogP contribution is -2.50. The molecule has 2 fully saturated rings. The van der Waals surface area contributed by atoms with Gasteiger partial charge in [0.1, 0.15) is 0 Å². The highest BCUT2D eigenvalue weighted by Gasteiger charge is 2.35. The van der Waals surface area contributed by atoms with Crippen LogP contribution in [0.5, 0.6) is 0 Å². The molecule has 5 rings (SSSR count). The van der Waals surface area contributed by atoms with Crippen LogP contribution in [0.15, 0.2) is 60.0 Å². The molecular formula is C24H27N5OS. The Hall–Kier alpha value is -2.67. The van der Waals surface area contributed by atoms with Crippen LogP contribution in [-0.2, 0) is 4.79 Å². The van der Waals surface area contributed by atoms with E-state index in [-0.39, 0.29) is 5.91 Å². The lowest BCUT2D eigenvalue weighted by Gasteiger charge is -2.44. The van der Waals surface area contributed by atoms with E-state index in [4.69, 9.17) is 0 Å². The van der Waals surface area contributed by atoms with Gasteiger partial charge in [0.2, 0.25) is 5.91 Å². The van der Waals surface area contributed by atoms with Crippen LogP contribution >= 0.6 is 11.8 Å². The van der Waals surface area contributed by atoms with Crippen molar-refractivity contribution >= 4 is 17.7 Å². The summed E-state index contributed by atoms with van der Waals surface area (Å²) in [6, 6.07) is 14.4. The third kappa shape index (κ3) is 4.24. The van der Waals surface area contributed by atoms with E-state index >= 15 is 0 Å². The first-order valence-electron chi connectivity index (χ1n) is 11.1. The number of carbonyl (C=O) groups excluding carboxylic acids is 1. The van der Waals surface area contributed by atoms with Gasteiger partial charge in [0.15, 0.2) is 11.0 Å². The van der Waals surface area contributed by atoms with E-state index in [9.17, 15) is 4.79 Å². The molecule has 0 N–H and O–H groups in total. The van der Waals surface area contributed by atoms with E-state index in [2.05, 4.69) is 20.1 Å². The Balaban J connectivity index is 1.38. The number of carbonyl (C=O) groups is 1. The highest BCUT2D eigenvalue weighted by Crippen LogP contribution is 2.36. The van der Waals surface area contributed by atoms with E-state index < -0.39 is 0 Å². The molecule has 1 saturated heterocycles. The van der Waals surface area contributed by atoms with Crippen LogP contribution in [-0.4, -0.2) is 48.9 Å². The quantitative estimate of drug-likeness (QED) is 0.550. The molecule has 2 aliphatic rings. The molecule has 0 radical (unpaired) electrons. The number of thioether (sulfide) groups is 1. The molecule has 2 unspecified atom stereocenters. The summed E-state index contributed by atoms with van der Waals surface area (Å²) in [7, 11) is 0. The van der Waals surface area contributed by atoms with Crippen molar-refractivity contribution in [2.45, 2.75) is 49.7 Å². The minimum Gasteiger partial charge on any atom is -0.339 e. The summed E-state index contributed by atoms with van der Waals surface area (Å²) in [6.07, 6.45) is 10.9. The van der Waals surface area contributed by atoms with Crippen LogP contribution in [0.1, 0.15) is 38.5 Å². The number of nitrogens with zero attached hydrogens (tertiary/aromatic N) is 5. The van der Waals surface area contributed by atoms with Crippen LogP contribution in [0.4, 0.5) is 0 Å². The maximum atomic E-state index is 13.2. The first-order valence-corrected chi connectivity index (χ1v) is 12.1. The number of benzene rings is 1. The lowest BCUT2D eigenvalue weighted by atomic mass is 9.78. The van der Waals surface area contributed by atoms with Crippen molar-refractivity contribution in [3.63, 3.8) is 0 Å². The fraction of sp³-hybridized carbons (Fsp3) is 0.417. The first kappa shape index (κ1) is 20.2. The van der Waals surface area contributed by atoms with Crippen LogP contribution in [0, 0.1) is 5.92 Å². The molecule has 0 bridgehead atoms. The Morgan fingerprint density at radius 2 is 1.84 bits per heavy atom. The zero-order chi connectivity index (χ0) is 21.0. The van der Waals surface area contributed by atoms with E-state index in [1.54, 1.807) is 12.4 Å². The molecule has 1 aromatic carbocycles. The third-order valence-electron chi connectivity index (χ3n) is 6.46. The third-order valence-corrected chi connectivity index (χ3v) is 7.37. The molecule has 31 heavy (non-hydrogen) atoms. The van der Waals surface area contributed by atoms with Gasteiger partial charge >= 0.3 is 0 Å². The second-order valence-electron chi connectivity index (χ2n) is 8.35. The van der Waals surface area contributed by atoms with Crippen LogP contribution < -0.4 is 0 Å². The van der Waals surface area contributed by atoms with Gasteiger partial charge in [-0.15, -0.1) is 10.2 Å². The van der Waals surface area contributed by atoms with E-state index in [1.807, 2.05) is 47.0 Å². The fourth-order valence-electron chi connectivity index (χ4n) is 5.00. The number of pyridine rings is 1. The molecule has 2 atom stereocenters. The molecule has 160 valence electrons. The number of likely N-dealkylation sites (tertiary alicyclic amines) is 1. The number of piperidine rings is 1. The number of fused-ring (bicyclic) bond motifs is 1. The van der Waals surface area contributed by atoms with Gasteiger partial charge in [-0.1, -0.05) is 42.8 Å². The van der Waals surface area contributed by atoms with Gasteiger partial charge in [0.25, 0.3) is 0 Å². The van der Waals surface area contributed by atoms with Gasteiger partial charge in [-0.05, 0) is 55.9 Å². The Bertz CT molecular complexity index is 1020. The predicted octanol–water partition coefficient (Wildman–Crippen LogP) is 4.60. The number of aromatic nitrogens is 4. The lowest BCUT2D eigenvalue weighted by molar-refractivity contribution is -0.134. The monoisotopic (exact) mass is 433 g/mol. The summed E-state index contributed by atoms with van der Waals surface area (Å²) >= 11 is 1.48. The van der Waals surface area contributed by atoms with E-state index in [0.29, 0.717) is 17.7 Å². The minimum atomic E-state index is 0.229. The van der Waals surface area contributed by atoms with E-state index in [1.165, 1.54) is 37.4 Å².